The van der Waals surface area contributed by atoms with Crippen LogP contribution in [0.25, 0.3) is 0 Å². The number of benzene rings is 1. The van der Waals surface area contributed by atoms with E-state index in [1.807, 2.05) is 12.1 Å². The Balaban J connectivity index is 1.77. The summed E-state index contributed by atoms with van der Waals surface area (Å²) < 4.78 is 0. The maximum absolute atomic E-state index is 5.70. The minimum absolute atomic E-state index is 0.759. The molecule has 18 heavy (non-hydrogen) atoms. The average molecular weight is 247 g/mol. The zero-order valence-corrected chi connectivity index (χ0v) is 11.6. The lowest BCUT2D eigenvalue weighted by Gasteiger charge is -2.35. The van der Waals surface area contributed by atoms with Crippen molar-refractivity contribution in [3.05, 3.63) is 29.8 Å². The van der Waals surface area contributed by atoms with Crippen LogP contribution in [0, 0.1) is 0 Å². The van der Waals surface area contributed by atoms with E-state index < -0.39 is 0 Å². The van der Waals surface area contributed by atoms with Gasteiger partial charge in [0.05, 0.1) is 0 Å². The first-order valence-electron chi connectivity index (χ1n) is 6.88. The molecule has 0 spiro atoms. The van der Waals surface area contributed by atoms with Gasteiger partial charge in [-0.1, -0.05) is 12.1 Å². The number of nitrogens with zero attached hydrogens (tertiary/aromatic N) is 2. The van der Waals surface area contributed by atoms with Crippen LogP contribution in [0.4, 0.5) is 5.69 Å². The molecule has 100 valence electrons. The van der Waals surface area contributed by atoms with Crippen LogP contribution in [-0.4, -0.2) is 49.6 Å². The molecule has 1 fully saturated rings. The number of rotatable bonds is 4. The van der Waals surface area contributed by atoms with Crippen LogP contribution < -0.4 is 5.73 Å². The largest absolute Gasteiger partial charge is 0.399 e. The molecule has 0 unspecified atom stereocenters. The lowest BCUT2D eigenvalue weighted by atomic mass is 10.0. The van der Waals surface area contributed by atoms with Crippen LogP contribution in [0.2, 0.25) is 0 Å². The van der Waals surface area contributed by atoms with Crippen molar-refractivity contribution >= 4 is 5.69 Å². The Hall–Kier alpha value is -1.06. The van der Waals surface area contributed by atoms with Gasteiger partial charge in [-0.15, -0.1) is 0 Å². The van der Waals surface area contributed by atoms with Gasteiger partial charge in [0.2, 0.25) is 0 Å². The number of piperidine rings is 1. The van der Waals surface area contributed by atoms with Crippen LogP contribution in [0.5, 0.6) is 0 Å². The monoisotopic (exact) mass is 247 g/mol. The van der Waals surface area contributed by atoms with Crippen molar-refractivity contribution in [3.8, 4) is 0 Å². The van der Waals surface area contributed by atoms with Gasteiger partial charge in [0.15, 0.2) is 0 Å². The normalized spacial score (nSPS) is 18.4. The quantitative estimate of drug-likeness (QED) is 0.824. The van der Waals surface area contributed by atoms with Gasteiger partial charge in [-0.05, 0) is 64.1 Å². The minimum Gasteiger partial charge on any atom is -0.399 e. The smallest absolute Gasteiger partial charge is 0.0314 e. The second kappa shape index (κ2) is 6.21. The zero-order chi connectivity index (χ0) is 13.0. The summed E-state index contributed by atoms with van der Waals surface area (Å²) in [5.74, 6) is 0. The van der Waals surface area contributed by atoms with Gasteiger partial charge in [-0.3, -0.25) is 0 Å². The Labute approximate surface area is 111 Å². The Kier molecular flexibility index (Phi) is 4.61. The summed E-state index contributed by atoms with van der Waals surface area (Å²) in [5.41, 5.74) is 7.93. The third-order valence-electron chi connectivity index (χ3n) is 4.04. The Bertz CT molecular complexity index is 353. The molecule has 1 aromatic rings. The molecule has 1 heterocycles. The molecule has 3 heteroatoms. The fourth-order valence-corrected chi connectivity index (χ4v) is 2.61. The lowest BCUT2D eigenvalue weighted by Crippen LogP contribution is -2.42. The molecule has 1 aliphatic rings. The third-order valence-corrected chi connectivity index (χ3v) is 4.04. The molecule has 0 saturated carbocycles. The summed E-state index contributed by atoms with van der Waals surface area (Å²) in [6.45, 7) is 3.60. The molecule has 0 radical (unpaired) electrons. The number of hydrogen-bond donors (Lipinski definition) is 1. The third kappa shape index (κ3) is 3.72. The number of likely N-dealkylation sites (N-methyl/N-ethyl adjacent to an activating group) is 1. The van der Waals surface area contributed by atoms with Crippen molar-refractivity contribution in [2.24, 2.45) is 0 Å². The van der Waals surface area contributed by atoms with Crippen LogP contribution in [-0.2, 0) is 6.42 Å². The molecular formula is C15H25N3. The maximum Gasteiger partial charge on any atom is 0.0314 e. The topological polar surface area (TPSA) is 32.5 Å². The van der Waals surface area contributed by atoms with Gasteiger partial charge < -0.3 is 15.5 Å². The molecular weight excluding hydrogens is 222 g/mol. The van der Waals surface area contributed by atoms with E-state index >= 15 is 0 Å². The van der Waals surface area contributed by atoms with Crippen LogP contribution in [0.3, 0.4) is 0 Å². The first-order valence-corrected chi connectivity index (χ1v) is 6.88. The highest BCUT2D eigenvalue weighted by atomic mass is 15.2. The molecule has 0 aliphatic carbocycles. The second-order valence-corrected chi connectivity index (χ2v) is 5.51. The summed E-state index contributed by atoms with van der Waals surface area (Å²) in [7, 11) is 4.47. The van der Waals surface area contributed by atoms with Crippen molar-refractivity contribution < 1.29 is 0 Å². The van der Waals surface area contributed by atoms with Crippen molar-refractivity contribution in [2.45, 2.75) is 25.3 Å². The standard InChI is InChI=1S/C15H25N3/c1-17-10-8-15(9-11-17)18(2)12-7-13-3-5-14(16)6-4-13/h3-6,15H,7-12,16H2,1-2H3. The molecule has 2 N–H and O–H groups in total. The molecule has 1 aliphatic heterocycles. The fraction of sp³-hybridized carbons (Fsp3) is 0.600. The van der Waals surface area contributed by atoms with E-state index in [1.54, 1.807) is 0 Å². The van der Waals surface area contributed by atoms with E-state index in [0.717, 1.165) is 24.7 Å². The average Bonchev–Trinajstić information content (AvgIpc) is 2.38. The van der Waals surface area contributed by atoms with Gasteiger partial charge in [0, 0.05) is 18.3 Å². The summed E-state index contributed by atoms with van der Waals surface area (Å²) in [5, 5.41) is 0. The summed E-state index contributed by atoms with van der Waals surface area (Å²) in [4.78, 5) is 4.94. The summed E-state index contributed by atoms with van der Waals surface area (Å²) in [6.07, 6.45) is 3.71. The molecule has 0 bridgehead atoms. The summed E-state index contributed by atoms with van der Waals surface area (Å²) in [6, 6.07) is 9.01. The van der Waals surface area contributed by atoms with E-state index in [-0.39, 0.29) is 0 Å². The van der Waals surface area contributed by atoms with E-state index in [2.05, 4.69) is 36.0 Å². The maximum atomic E-state index is 5.70. The first kappa shape index (κ1) is 13.4. The van der Waals surface area contributed by atoms with Crippen molar-refractivity contribution in [2.75, 3.05) is 39.5 Å². The minimum atomic E-state index is 0.759. The first-order chi connectivity index (χ1) is 8.65. The molecule has 1 saturated heterocycles. The van der Waals surface area contributed by atoms with Gasteiger partial charge in [-0.25, -0.2) is 0 Å². The number of nitrogens with two attached hydrogens (primary N) is 1. The summed E-state index contributed by atoms with van der Waals surface area (Å²) >= 11 is 0. The van der Waals surface area contributed by atoms with Crippen LogP contribution >= 0.6 is 0 Å². The fourth-order valence-electron chi connectivity index (χ4n) is 2.61. The van der Waals surface area contributed by atoms with Gasteiger partial charge >= 0.3 is 0 Å². The molecule has 0 aromatic heterocycles. The highest BCUT2D eigenvalue weighted by molar-refractivity contribution is 5.39. The van der Waals surface area contributed by atoms with Gasteiger partial charge in [0.1, 0.15) is 0 Å². The molecule has 3 nitrogen and oxygen atoms in total. The Morgan fingerprint density at radius 2 is 1.83 bits per heavy atom. The van der Waals surface area contributed by atoms with Gasteiger partial charge in [-0.2, -0.15) is 0 Å². The zero-order valence-electron chi connectivity index (χ0n) is 11.6. The van der Waals surface area contributed by atoms with Crippen molar-refractivity contribution in [3.63, 3.8) is 0 Å². The predicted molar refractivity (Wildman–Crippen MR) is 77.7 cm³/mol. The number of hydrogen-bond acceptors (Lipinski definition) is 3. The van der Waals surface area contributed by atoms with Crippen LogP contribution in [0.15, 0.2) is 24.3 Å². The number of likely N-dealkylation sites (tertiary alicyclic amines) is 1. The number of nitrogen functional groups attached to an aromatic ring is 1. The van der Waals surface area contributed by atoms with Crippen LogP contribution in [0.1, 0.15) is 18.4 Å². The van der Waals surface area contributed by atoms with Gasteiger partial charge in [0.25, 0.3) is 0 Å². The van der Waals surface area contributed by atoms with E-state index in [1.165, 1.54) is 31.5 Å². The molecule has 1 aromatic carbocycles. The van der Waals surface area contributed by atoms with E-state index in [9.17, 15) is 0 Å². The highest BCUT2D eigenvalue weighted by Gasteiger charge is 2.19. The molecule has 0 amide bonds. The van der Waals surface area contributed by atoms with Crippen molar-refractivity contribution in [1.82, 2.24) is 9.80 Å². The Morgan fingerprint density at radius 1 is 1.22 bits per heavy atom. The van der Waals surface area contributed by atoms with Crippen molar-refractivity contribution in [1.29, 1.82) is 0 Å². The van der Waals surface area contributed by atoms with E-state index in [0.29, 0.717) is 0 Å². The lowest BCUT2D eigenvalue weighted by molar-refractivity contribution is 0.145. The Morgan fingerprint density at radius 3 is 2.44 bits per heavy atom. The SMILES string of the molecule is CN1CCC(N(C)CCc2ccc(N)cc2)CC1. The highest BCUT2D eigenvalue weighted by Crippen LogP contribution is 2.15. The predicted octanol–water partition coefficient (Wildman–Crippen LogP) is 1.84. The molecule has 2 rings (SSSR count). The second-order valence-electron chi connectivity index (χ2n) is 5.51. The van der Waals surface area contributed by atoms with E-state index in [4.69, 9.17) is 5.73 Å². The molecule has 0 atom stereocenters. The number of anilines is 1.